The molecule has 0 aliphatic rings. The van der Waals surface area contributed by atoms with Gasteiger partial charge in [0.1, 0.15) is 42.0 Å². The van der Waals surface area contributed by atoms with Crippen LogP contribution in [0.3, 0.4) is 0 Å². The van der Waals surface area contributed by atoms with Gasteiger partial charge < -0.3 is 64.6 Å². The molecular weight excluding hydrogens is 859 g/mol. The smallest absolute Gasteiger partial charge is 0.326 e. The summed E-state index contributed by atoms with van der Waals surface area (Å²) in [4.78, 5) is 109. The molecule has 0 saturated carbocycles. The molecule has 0 heterocycles. The number of thiol groups is 1. The summed E-state index contributed by atoms with van der Waals surface area (Å²) in [5.74, 6) is -6.61. The third kappa shape index (κ3) is 22.6. The Morgan fingerprint density at radius 1 is 0.683 bits per heavy atom. The highest BCUT2D eigenvalue weighted by Crippen LogP contribution is 2.14. The summed E-state index contributed by atoms with van der Waals surface area (Å²) in [6.45, 7) is 8.31. The number of rotatable bonds is 29. The number of carbonyl (C=O) groups is 8. The van der Waals surface area contributed by atoms with Crippen molar-refractivity contribution in [3.05, 3.63) is 29.8 Å². The summed E-state index contributed by atoms with van der Waals surface area (Å²) in [6.07, 6.45) is 2.19. The molecule has 1 aromatic carbocycles. The van der Waals surface area contributed by atoms with Crippen LogP contribution in [0.5, 0.6) is 5.75 Å². The lowest BCUT2D eigenvalue weighted by atomic mass is 10.0. The van der Waals surface area contributed by atoms with Crippen LogP contribution in [0.1, 0.15) is 72.3 Å². The number of benzene rings is 1. The molecule has 7 atom stereocenters. The Hall–Kier alpha value is -5.29. The van der Waals surface area contributed by atoms with Gasteiger partial charge in [-0.2, -0.15) is 24.4 Å². The van der Waals surface area contributed by atoms with Gasteiger partial charge in [-0.15, -0.1) is 0 Å². The molecule has 0 aromatic heterocycles. The number of aliphatic carboxylic acids is 1. The zero-order valence-electron chi connectivity index (χ0n) is 36.8. The van der Waals surface area contributed by atoms with Crippen LogP contribution in [0.4, 0.5) is 0 Å². The van der Waals surface area contributed by atoms with E-state index in [0.29, 0.717) is 11.3 Å². The van der Waals surface area contributed by atoms with Crippen molar-refractivity contribution >= 4 is 77.7 Å². The van der Waals surface area contributed by atoms with Crippen molar-refractivity contribution in [1.29, 1.82) is 0 Å². The Bertz CT molecular complexity index is 1710. The Kier molecular flexibility index (Phi) is 25.8. The maximum atomic E-state index is 14.1. The van der Waals surface area contributed by atoms with Gasteiger partial charge in [0.2, 0.25) is 41.4 Å². The van der Waals surface area contributed by atoms with E-state index in [-0.39, 0.29) is 74.4 Å². The number of phenols is 1. The minimum atomic E-state index is -1.34. The number of nitrogens with zero attached hydrogens (tertiary/aromatic N) is 1. The first-order chi connectivity index (χ1) is 29.6. The number of phenolic OH excluding ortho intramolecular Hbond substituents is 1. The van der Waals surface area contributed by atoms with E-state index in [1.807, 2.05) is 13.8 Å². The highest BCUT2D eigenvalue weighted by Gasteiger charge is 2.33. The summed E-state index contributed by atoms with van der Waals surface area (Å²) in [6, 6.07) is -2.55. The van der Waals surface area contributed by atoms with E-state index in [1.54, 1.807) is 20.1 Å². The zero-order valence-corrected chi connectivity index (χ0v) is 38.5. The molecule has 354 valence electrons. The minimum Gasteiger partial charge on any atom is -0.508 e. The van der Waals surface area contributed by atoms with Crippen molar-refractivity contribution in [2.24, 2.45) is 34.0 Å². The lowest BCUT2D eigenvalue weighted by Gasteiger charge is -2.27. The second-order valence-corrected chi connectivity index (χ2v) is 17.2. The fraction of sp³-hybridized carbons (Fsp3) is 0.625. The summed E-state index contributed by atoms with van der Waals surface area (Å²) in [7, 11) is 0. The molecule has 0 radical (unpaired) electrons. The number of hydrogen-bond donors (Lipinski definition) is 13. The average molecular weight is 926 g/mol. The Balaban J connectivity index is 3.39. The fourth-order valence-electron chi connectivity index (χ4n) is 5.88. The fourth-order valence-corrected chi connectivity index (χ4v) is 6.61. The molecule has 21 nitrogen and oxygen atoms in total. The number of aromatic hydroxyl groups is 1. The van der Waals surface area contributed by atoms with Gasteiger partial charge in [-0.1, -0.05) is 39.8 Å². The Morgan fingerprint density at radius 3 is 1.67 bits per heavy atom. The maximum absolute atomic E-state index is 14.1. The molecule has 15 N–H and O–H groups in total. The van der Waals surface area contributed by atoms with Gasteiger partial charge in [0.05, 0.1) is 12.6 Å². The standard InChI is InChI=1S/C40H67N11O10S2/c1-21(2)16-28(46-32(53)19-45-33(54)23(5)41)36(57)51-31(20-62)38(59)48-27(13-15-63-6)35(56)47-26(8-7-14-44-40(42)43)34(55)49-29(18-24-9-11-25(52)12-10-24)37(58)50-30(39(60)61)17-22(3)4/h9-12,21-23,26-31,52,62H,7-8,13-20,41H2,1-6H3,(H,45,54)(H,46,53)(H,47,56)(H,48,59)(H,49,55)(H,50,58)(H,51,57)(H,60,61)(H4,42,43,44)/t23-,26-,27-,28-,29-,30-,31-/m0/s1. The van der Waals surface area contributed by atoms with Crippen molar-refractivity contribution < 1.29 is 48.6 Å². The van der Waals surface area contributed by atoms with Crippen molar-refractivity contribution in [2.75, 3.05) is 30.9 Å². The number of nitrogens with one attached hydrogen (secondary N) is 7. The minimum absolute atomic E-state index is 0.0383. The van der Waals surface area contributed by atoms with Crippen LogP contribution in [-0.2, 0) is 44.8 Å². The second kappa shape index (κ2) is 29.1. The zero-order chi connectivity index (χ0) is 47.8. The van der Waals surface area contributed by atoms with Gasteiger partial charge in [0, 0.05) is 18.7 Å². The third-order valence-corrected chi connectivity index (χ3v) is 10.2. The van der Waals surface area contributed by atoms with E-state index in [0.717, 1.165) is 0 Å². The van der Waals surface area contributed by atoms with E-state index < -0.39 is 96.2 Å². The average Bonchev–Trinajstić information content (AvgIpc) is 3.20. The van der Waals surface area contributed by atoms with Gasteiger partial charge in [0.15, 0.2) is 5.96 Å². The lowest BCUT2D eigenvalue weighted by Crippen LogP contribution is -2.60. The quantitative estimate of drug-likeness (QED) is 0.0183. The normalized spacial score (nSPS) is 14.4. The molecular formula is C40H67N11O10S2. The third-order valence-electron chi connectivity index (χ3n) is 9.16. The Morgan fingerprint density at radius 2 is 1.16 bits per heavy atom. The molecule has 0 unspecified atom stereocenters. The molecule has 63 heavy (non-hydrogen) atoms. The number of hydrogen-bond acceptors (Lipinski definition) is 13. The molecule has 23 heteroatoms. The van der Waals surface area contributed by atoms with Crippen LogP contribution in [0.25, 0.3) is 0 Å². The maximum Gasteiger partial charge on any atom is 0.326 e. The van der Waals surface area contributed by atoms with Crippen LogP contribution in [0.2, 0.25) is 0 Å². The van der Waals surface area contributed by atoms with E-state index >= 15 is 0 Å². The van der Waals surface area contributed by atoms with E-state index in [2.05, 4.69) is 54.8 Å². The molecule has 7 amide bonds. The van der Waals surface area contributed by atoms with Crippen LogP contribution in [0, 0.1) is 11.8 Å². The highest BCUT2D eigenvalue weighted by atomic mass is 32.2. The van der Waals surface area contributed by atoms with Gasteiger partial charge >= 0.3 is 5.97 Å². The number of amides is 7. The number of guanidine groups is 1. The van der Waals surface area contributed by atoms with Crippen LogP contribution in [-0.4, -0.2) is 137 Å². The molecule has 0 saturated heterocycles. The summed E-state index contributed by atoms with van der Waals surface area (Å²) >= 11 is 5.63. The largest absolute Gasteiger partial charge is 0.508 e. The topological polar surface area (TPSA) is 352 Å². The molecule has 1 aromatic rings. The summed E-state index contributed by atoms with van der Waals surface area (Å²) < 4.78 is 0. The first kappa shape index (κ1) is 55.7. The second-order valence-electron chi connectivity index (χ2n) is 15.8. The Labute approximate surface area is 378 Å². The monoisotopic (exact) mass is 925 g/mol. The van der Waals surface area contributed by atoms with E-state index in [1.165, 1.54) is 43.0 Å². The molecule has 0 aliphatic carbocycles. The number of carbonyl (C=O) groups excluding carboxylic acids is 7. The lowest BCUT2D eigenvalue weighted by molar-refractivity contribution is -0.142. The number of nitrogens with two attached hydrogens (primary N) is 3. The molecule has 0 fully saturated rings. The SMILES string of the molecule is CSCC[C@H](NC(=O)[C@H](CS)NC(=O)[C@H](CC(C)C)NC(=O)CNC(=O)[C@H](C)N)C(=O)N[C@@H](CCCN=C(N)N)C(=O)N[C@@H](Cc1ccc(O)cc1)C(=O)N[C@@H](CC(C)C)C(=O)O. The van der Waals surface area contributed by atoms with Crippen LogP contribution < -0.4 is 54.4 Å². The van der Waals surface area contributed by atoms with Crippen molar-refractivity contribution in [3.8, 4) is 5.75 Å². The number of thioether (sulfide) groups is 1. The van der Waals surface area contributed by atoms with Crippen molar-refractivity contribution in [1.82, 2.24) is 37.2 Å². The van der Waals surface area contributed by atoms with Gasteiger partial charge in [-0.25, -0.2) is 4.79 Å². The number of aliphatic imine (C=N–C) groups is 1. The van der Waals surface area contributed by atoms with Crippen molar-refractivity contribution in [2.45, 2.75) is 115 Å². The number of carboxylic acids is 1. The van der Waals surface area contributed by atoms with E-state index in [9.17, 15) is 48.6 Å². The van der Waals surface area contributed by atoms with Gasteiger partial charge in [-0.05, 0) is 80.6 Å². The summed E-state index contributed by atoms with van der Waals surface area (Å²) in [5, 5.41) is 37.6. The predicted molar refractivity (Wildman–Crippen MR) is 243 cm³/mol. The molecule has 0 aliphatic heterocycles. The molecule has 0 bridgehead atoms. The highest BCUT2D eigenvalue weighted by molar-refractivity contribution is 7.98. The number of carboxylic acid groups (broad SMARTS) is 1. The van der Waals surface area contributed by atoms with Crippen molar-refractivity contribution in [3.63, 3.8) is 0 Å². The first-order valence-electron chi connectivity index (χ1n) is 20.6. The van der Waals surface area contributed by atoms with Crippen LogP contribution >= 0.6 is 24.4 Å². The van der Waals surface area contributed by atoms with E-state index in [4.69, 9.17) is 17.2 Å². The predicted octanol–water partition coefficient (Wildman–Crippen LogP) is -1.78. The summed E-state index contributed by atoms with van der Waals surface area (Å²) in [5.41, 5.74) is 17.0. The van der Waals surface area contributed by atoms with Crippen LogP contribution in [0.15, 0.2) is 29.3 Å². The molecule has 0 spiro atoms. The van der Waals surface area contributed by atoms with Gasteiger partial charge in [0.25, 0.3) is 0 Å². The molecule has 1 rings (SSSR count). The van der Waals surface area contributed by atoms with Gasteiger partial charge in [-0.3, -0.25) is 38.6 Å². The first-order valence-corrected chi connectivity index (χ1v) is 22.6.